The highest BCUT2D eigenvalue weighted by atomic mass is 32.3. The van der Waals surface area contributed by atoms with Gasteiger partial charge in [0.2, 0.25) is 0 Å². The molecule has 0 aromatic carbocycles. The van der Waals surface area contributed by atoms with E-state index in [0.29, 0.717) is 24.7 Å². The summed E-state index contributed by atoms with van der Waals surface area (Å²) in [6.45, 7) is 6.67. The standard InChI is InChI=1S/C24H42O7S/c1-4-16-18-12-15(25)9-10-23(18,2)21-19(26)13-24(3)14(6-5-11-31-32(28,29)30)7-8-17(24)20(21)22(16)27/h14-22,25-27H,4-13H2,1-3H3,(H,28,29,30)/t14?,15-,16-,17?,18+,19+,20?,21?,22-,23?,24?/m1/s1. The van der Waals surface area contributed by atoms with Crippen LogP contribution in [-0.4, -0.2) is 53.2 Å². The first-order valence-electron chi connectivity index (χ1n) is 12.6. The minimum atomic E-state index is -4.41. The molecule has 4 aliphatic carbocycles. The van der Waals surface area contributed by atoms with Gasteiger partial charge in [-0.1, -0.05) is 27.2 Å². The highest BCUT2D eigenvalue weighted by Gasteiger charge is 2.66. The first-order valence-corrected chi connectivity index (χ1v) is 13.9. The van der Waals surface area contributed by atoms with Gasteiger partial charge >= 0.3 is 10.4 Å². The Morgan fingerprint density at radius 1 is 1.03 bits per heavy atom. The molecule has 0 aromatic rings. The van der Waals surface area contributed by atoms with E-state index in [1.54, 1.807) is 0 Å². The molecule has 0 heterocycles. The van der Waals surface area contributed by atoms with Crippen molar-refractivity contribution in [1.82, 2.24) is 0 Å². The summed E-state index contributed by atoms with van der Waals surface area (Å²) in [6.07, 6.45) is 6.08. The van der Waals surface area contributed by atoms with E-state index in [1.165, 1.54) is 0 Å². The van der Waals surface area contributed by atoms with Crippen molar-refractivity contribution in [2.24, 2.45) is 46.3 Å². The molecule has 4 aliphatic rings. The van der Waals surface area contributed by atoms with Gasteiger partial charge in [0, 0.05) is 0 Å². The summed E-state index contributed by atoms with van der Waals surface area (Å²) in [6, 6.07) is 0. The van der Waals surface area contributed by atoms with Gasteiger partial charge < -0.3 is 15.3 Å². The molecule has 32 heavy (non-hydrogen) atoms. The topological polar surface area (TPSA) is 124 Å². The zero-order valence-corrected chi connectivity index (χ0v) is 20.5. The lowest BCUT2D eigenvalue weighted by molar-refractivity contribution is -0.234. The van der Waals surface area contributed by atoms with Gasteiger partial charge in [-0.15, -0.1) is 0 Å². The normalized spacial score (nSPS) is 51.0. The fourth-order valence-electron chi connectivity index (χ4n) is 9.15. The van der Waals surface area contributed by atoms with E-state index < -0.39 is 22.6 Å². The third-order valence-electron chi connectivity index (χ3n) is 10.4. The van der Waals surface area contributed by atoms with Gasteiger partial charge in [-0.25, -0.2) is 4.18 Å². The second-order valence-electron chi connectivity index (χ2n) is 11.8. The molecule has 0 amide bonds. The zero-order chi connectivity index (χ0) is 23.5. The summed E-state index contributed by atoms with van der Waals surface area (Å²) in [7, 11) is -4.41. The van der Waals surface area contributed by atoms with Crippen molar-refractivity contribution in [3.63, 3.8) is 0 Å². The van der Waals surface area contributed by atoms with Crippen LogP contribution in [0.1, 0.15) is 78.6 Å². The summed E-state index contributed by atoms with van der Waals surface area (Å²) in [4.78, 5) is 0. The van der Waals surface area contributed by atoms with E-state index in [-0.39, 0.29) is 47.2 Å². The predicted molar refractivity (Wildman–Crippen MR) is 120 cm³/mol. The van der Waals surface area contributed by atoms with E-state index in [1.807, 2.05) is 0 Å². The maximum atomic E-state index is 11.7. The second kappa shape index (κ2) is 8.76. The molecule has 0 radical (unpaired) electrons. The molecule has 0 bridgehead atoms. The molecule has 11 atom stereocenters. The van der Waals surface area contributed by atoms with Crippen LogP contribution in [0.2, 0.25) is 0 Å². The predicted octanol–water partition coefficient (Wildman–Crippen LogP) is 3.18. The van der Waals surface area contributed by atoms with Crippen molar-refractivity contribution in [1.29, 1.82) is 0 Å². The molecule has 4 saturated carbocycles. The summed E-state index contributed by atoms with van der Waals surface area (Å²) in [5.74, 6) is 1.16. The van der Waals surface area contributed by atoms with Gasteiger partial charge in [0.25, 0.3) is 0 Å². The summed E-state index contributed by atoms with van der Waals surface area (Å²) in [5.41, 5.74) is -0.165. The first kappa shape index (κ1) is 24.9. The van der Waals surface area contributed by atoms with E-state index in [0.717, 1.165) is 44.9 Å². The summed E-state index contributed by atoms with van der Waals surface area (Å²) >= 11 is 0. The van der Waals surface area contributed by atoms with Gasteiger partial charge in [0.05, 0.1) is 24.9 Å². The van der Waals surface area contributed by atoms with Crippen LogP contribution in [0.5, 0.6) is 0 Å². The molecule has 4 fully saturated rings. The lowest BCUT2D eigenvalue weighted by atomic mass is 9.41. The minimum absolute atomic E-state index is 0.0344. The molecule has 0 aromatic heterocycles. The van der Waals surface area contributed by atoms with Gasteiger partial charge in [-0.2, -0.15) is 8.42 Å². The Bertz CT molecular complexity index is 787. The van der Waals surface area contributed by atoms with Gasteiger partial charge in [-0.3, -0.25) is 4.55 Å². The SMILES string of the molecule is CC[C@H]1[C@@H](O)C2C3CCC(CCCOS(=O)(=O)O)C3(C)C[C@H](O)C2C2(C)CC[C@@H](O)C[C@@H]12. The molecule has 0 aliphatic heterocycles. The molecule has 4 rings (SSSR count). The van der Waals surface area contributed by atoms with Crippen LogP contribution in [-0.2, 0) is 14.6 Å². The van der Waals surface area contributed by atoms with Crippen LogP contribution in [0.15, 0.2) is 0 Å². The third-order valence-corrected chi connectivity index (χ3v) is 10.9. The van der Waals surface area contributed by atoms with E-state index >= 15 is 0 Å². The largest absolute Gasteiger partial charge is 0.397 e. The fraction of sp³-hybridized carbons (Fsp3) is 1.00. The van der Waals surface area contributed by atoms with Crippen molar-refractivity contribution < 1.29 is 32.5 Å². The molecule has 7 nitrogen and oxygen atoms in total. The molecule has 0 spiro atoms. The molecule has 6 unspecified atom stereocenters. The van der Waals surface area contributed by atoms with Gasteiger partial charge in [-0.05, 0) is 97.7 Å². The molecule has 8 heteroatoms. The maximum Gasteiger partial charge on any atom is 0.397 e. The zero-order valence-electron chi connectivity index (χ0n) is 19.7. The van der Waals surface area contributed by atoms with Crippen LogP contribution < -0.4 is 0 Å². The molecule has 0 saturated heterocycles. The van der Waals surface area contributed by atoms with Gasteiger partial charge in [0.15, 0.2) is 0 Å². The monoisotopic (exact) mass is 474 g/mol. The van der Waals surface area contributed by atoms with Crippen molar-refractivity contribution in [3.8, 4) is 0 Å². The smallest absolute Gasteiger partial charge is 0.393 e. The molecule has 186 valence electrons. The number of aliphatic hydroxyl groups is 3. The number of hydrogen-bond acceptors (Lipinski definition) is 6. The van der Waals surface area contributed by atoms with Crippen molar-refractivity contribution in [2.45, 2.75) is 96.9 Å². The van der Waals surface area contributed by atoms with Crippen LogP contribution in [0.25, 0.3) is 0 Å². The molecular weight excluding hydrogens is 432 g/mol. The Morgan fingerprint density at radius 2 is 1.75 bits per heavy atom. The molecule has 4 N–H and O–H groups in total. The fourth-order valence-corrected chi connectivity index (χ4v) is 9.47. The Hall–Kier alpha value is -0.250. The van der Waals surface area contributed by atoms with Crippen LogP contribution in [0.3, 0.4) is 0 Å². The average Bonchev–Trinajstić information content (AvgIpc) is 3.01. The summed E-state index contributed by atoms with van der Waals surface area (Å²) in [5, 5.41) is 33.6. The van der Waals surface area contributed by atoms with Crippen LogP contribution in [0.4, 0.5) is 0 Å². The highest BCUT2D eigenvalue weighted by molar-refractivity contribution is 7.80. The Kier molecular flexibility index (Phi) is 6.80. The first-order chi connectivity index (χ1) is 14.9. The lowest BCUT2D eigenvalue weighted by Gasteiger charge is -2.65. The van der Waals surface area contributed by atoms with Crippen LogP contribution in [0, 0.1) is 46.3 Å². The Balaban J connectivity index is 1.57. The quantitative estimate of drug-likeness (QED) is 0.344. The number of hydrogen-bond donors (Lipinski definition) is 4. The third kappa shape index (κ3) is 4.07. The van der Waals surface area contributed by atoms with Crippen LogP contribution >= 0.6 is 0 Å². The second-order valence-corrected chi connectivity index (χ2v) is 12.8. The van der Waals surface area contributed by atoms with E-state index in [2.05, 4.69) is 25.0 Å². The minimum Gasteiger partial charge on any atom is -0.393 e. The number of rotatable bonds is 6. The van der Waals surface area contributed by atoms with Gasteiger partial charge in [0.1, 0.15) is 0 Å². The summed E-state index contributed by atoms with van der Waals surface area (Å²) < 4.78 is 35.0. The average molecular weight is 475 g/mol. The highest BCUT2D eigenvalue weighted by Crippen LogP contribution is 2.69. The van der Waals surface area contributed by atoms with E-state index in [9.17, 15) is 23.7 Å². The van der Waals surface area contributed by atoms with Crippen molar-refractivity contribution in [2.75, 3.05) is 6.61 Å². The molecular formula is C24H42O7S. The Labute approximate surface area is 192 Å². The van der Waals surface area contributed by atoms with E-state index in [4.69, 9.17) is 4.55 Å². The number of fused-ring (bicyclic) bond motifs is 5. The lowest BCUT2D eigenvalue weighted by Crippen LogP contribution is -2.65. The Morgan fingerprint density at radius 3 is 2.41 bits per heavy atom. The maximum absolute atomic E-state index is 11.7. The number of aliphatic hydroxyl groups excluding tert-OH is 3. The van der Waals surface area contributed by atoms with Crippen molar-refractivity contribution in [3.05, 3.63) is 0 Å². The van der Waals surface area contributed by atoms with Crippen molar-refractivity contribution >= 4 is 10.4 Å².